The van der Waals surface area contributed by atoms with Crippen LogP contribution in [0.15, 0.2) is 12.3 Å². The minimum absolute atomic E-state index is 0.105. The second-order valence-electron chi connectivity index (χ2n) is 5.46. The molecule has 18 heavy (non-hydrogen) atoms. The second kappa shape index (κ2) is 4.03. The Morgan fingerprint density at radius 3 is 2.56 bits per heavy atom. The summed E-state index contributed by atoms with van der Waals surface area (Å²) in [7, 11) is 0. The molecule has 1 aromatic heterocycles. The highest BCUT2D eigenvalue weighted by molar-refractivity contribution is 5.67. The van der Waals surface area contributed by atoms with E-state index in [0.29, 0.717) is 17.9 Å². The zero-order chi connectivity index (χ0) is 13.6. The molecule has 0 unspecified atom stereocenters. The van der Waals surface area contributed by atoms with Crippen molar-refractivity contribution in [1.29, 1.82) is 0 Å². The van der Waals surface area contributed by atoms with E-state index >= 15 is 0 Å². The van der Waals surface area contributed by atoms with Crippen molar-refractivity contribution in [3.05, 3.63) is 18.0 Å². The van der Waals surface area contributed by atoms with Crippen LogP contribution in [-0.2, 0) is 6.18 Å². The molecule has 0 aromatic carbocycles. The first-order valence-electron chi connectivity index (χ1n) is 5.77. The largest absolute Gasteiger partial charge is 0.433 e. The van der Waals surface area contributed by atoms with Gasteiger partial charge in [-0.2, -0.15) is 13.2 Å². The van der Waals surface area contributed by atoms with Gasteiger partial charge in [0.1, 0.15) is 5.69 Å². The maximum atomic E-state index is 12.6. The van der Waals surface area contributed by atoms with Gasteiger partial charge < -0.3 is 10.6 Å². The van der Waals surface area contributed by atoms with E-state index in [1.54, 1.807) is 0 Å². The van der Waals surface area contributed by atoms with Crippen molar-refractivity contribution in [2.45, 2.75) is 26.4 Å². The van der Waals surface area contributed by atoms with Gasteiger partial charge in [-0.3, -0.25) is 0 Å². The summed E-state index contributed by atoms with van der Waals surface area (Å²) in [6.45, 7) is 5.61. The van der Waals surface area contributed by atoms with Gasteiger partial charge in [0.25, 0.3) is 0 Å². The number of nitrogens with two attached hydrogens (primary N) is 1. The van der Waals surface area contributed by atoms with E-state index in [1.165, 1.54) is 0 Å². The highest BCUT2D eigenvalue weighted by Gasteiger charge is 2.35. The molecule has 0 bridgehead atoms. The first kappa shape index (κ1) is 13.0. The number of hydrogen-bond acceptors (Lipinski definition) is 3. The van der Waals surface area contributed by atoms with Crippen molar-refractivity contribution in [3.63, 3.8) is 0 Å². The van der Waals surface area contributed by atoms with Crippen LogP contribution in [0, 0.1) is 5.41 Å². The molecule has 1 fully saturated rings. The molecule has 0 saturated carbocycles. The van der Waals surface area contributed by atoms with E-state index in [0.717, 1.165) is 25.2 Å². The van der Waals surface area contributed by atoms with Gasteiger partial charge in [-0.25, -0.2) is 4.98 Å². The zero-order valence-corrected chi connectivity index (χ0v) is 10.4. The molecule has 0 aliphatic carbocycles. The van der Waals surface area contributed by atoms with Gasteiger partial charge in [-0.05, 0) is 17.9 Å². The number of nitrogens with zero attached hydrogens (tertiary/aromatic N) is 2. The summed E-state index contributed by atoms with van der Waals surface area (Å²) in [6, 6.07) is 1.04. The molecule has 1 aliphatic rings. The fourth-order valence-corrected chi connectivity index (χ4v) is 2.20. The molecule has 0 radical (unpaired) electrons. The average Bonchev–Trinajstić information content (AvgIpc) is 2.57. The van der Waals surface area contributed by atoms with Crippen molar-refractivity contribution in [2.75, 3.05) is 23.7 Å². The van der Waals surface area contributed by atoms with Crippen LogP contribution in [0.2, 0.25) is 0 Å². The molecular weight excluding hydrogens is 243 g/mol. The molecule has 1 saturated heterocycles. The highest BCUT2D eigenvalue weighted by atomic mass is 19.4. The topological polar surface area (TPSA) is 42.2 Å². The van der Waals surface area contributed by atoms with E-state index in [9.17, 15) is 13.2 Å². The molecule has 0 atom stereocenters. The Bertz CT molecular complexity index is 454. The summed E-state index contributed by atoms with van der Waals surface area (Å²) in [6.07, 6.45) is -2.41. The molecule has 1 aliphatic heterocycles. The predicted molar refractivity (Wildman–Crippen MR) is 64.3 cm³/mol. The molecule has 2 heterocycles. The first-order chi connectivity index (χ1) is 8.19. The Balaban J connectivity index is 2.33. The normalized spacial score (nSPS) is 19.3. The minimum Gasteiger partial charge on any atom is -0.396 e. The van der Waals surface area contributed by atoms with Gasteiger partial charge in [0, 0.05) is 13.1 Å². The number of halogens is 3. The van der Waals surface area contributed by atoms with Gasteiger partial charge in [0.05, 0.1) is 17.6 Å². The van der Waals surface area contributed by atoms with Gasteiger partial charge in [0.15, 0.2) is 0 Å². The Kier molecular flexibility index (Phi) is 2.91. The lowest BCUT2D eigenvalue weighted by Crippen LogP contribution is -2.24. The second-order valence-corrected chi connectivity index (χ2v) is 5.46. The molecule has 1 aromatic rings. The maximum absolute atomic E-state index is 12.6. The van der Waals surface area contributed by atoms with Crippen molar-refractivity contribution in [3.8, 4) is 0 Å². The number of hydrogen-bond donors (Lipinski definition) is 1. The Hall–Kier alpha value is -1.46. The van der Waals surface area contributed by atoms with Crippen LogP contribution in [-0.4, -0.2) is 18.1 Å². The lowest BCUT2D eigenvalue weighted by Gasteiger charge is -2.23. The quantitative estimate of drug-likeness (QED) is 0.843. The number of rotatable bonds is 1. The van der Waals surface area contributed by atoms with E-state index in [1.807, 2.05) is 4.90 Å². The molecule has 6 heteroatoms. The zero-order valence-electron chi connectivity index (χ0n) is 10.4. The fourth-order valence-electron chi connectivity index (χ4n) is 2.20. The molecule has 2 rings (SSSR count). The lowest BCUT2D eigenvalue weighted by molar-refractivity contribution is -0.141. The molecular formula is C12H16F3N3. The van der Waals surface area contributed by atoms with Gasteiger partial charge in [-0.1, -0.05) is 13.8 Å². The van der Waals surface area contributed by atoms with Crippen molar-refractivity contribution in [1.82, 2.24) is 4.98 Å². The van der Waals surface area contributed by atoms with Crippen LogP contribution >= 0.6 is 0 Å². The molecule has 0 spiro atoms. The van der Waals surface area contributed by atoms with Crippen LogP contribution in [0.4, 0.5) is 24.5 Å². The molecule has 0 amide bonds. The number of pyridine rings is 1. The van der Waals surface area contributed by atoms with Gasteiger partial charge in [-0.15, -0.1) is 0 Å². The van der Waals surface area contributed by atoms with Crippen LogP contribution in [0.5, 0.6) is 0 Å². The van der Waals surface area contributed by atoms with Crippen LogP contribution in [0.1, 0.15) is 26.0 Å². The molecule has 2 N–H and O–H groups in total. The number of aromatic nitrogens is 1. The molecule has 3 nitrogen and oxygen atoms in total. The Labute approximate surface area is 104 Å². The van der Waals surface area contributed by atoms with Crippen LogP contribution in [0.3, 0.4) is 0 Å². The van der Waals surface area contributed by atoms with Crippen LogP contribution in [0.25, 0.3) is 0 Å². The average molecular weight is 259 g/mol. The summed E-state index contributed by atoms with van der Waals surface area (Å²) in [4.78, 5) is 5.24. The van der Waals surface area contributed by atoms with E-state index in [4.69, 9.17) is 5.73 Å². The van der Waals surface area contributed by atoms with Crippen molar-refractivity contribution < 1.29 is 13.2 Å². The predicted octanol–water partition coefficient (Wildman–Crippen LogP) is 2.92. The third kappa shape index (κ3) is 2.52. The van der Waals surface area contributed by atoms with E-state index < -0.39 is 11.9 Å². The van der Waals surface area contributed by atoms with Gasteiger partial charge >= 0.3 is 6.18 Å². The van der Waals surface area contributed by atoms with Crippen LogP contribution < -0.4 is 10.6 Å². The van der Waals surface area contributed by atoms with E-state index in [2.05, 4.69) is 18.8 Å². The lowest BCUT2D eigenvalue weighted by atomic mass is 9.93. The van der Waals surface area contributed by atoms with Gasteiger partial charge in [0.2, 0.25) is 0 Å². The summed E-state index contributed by atoms with van der Waals surface area (Å²) >= 11 is 0. The summed E-state index contributed by atoms with van der Waals surface area (Å²) in [5, 5.41) is 0. The van der Waals surface area contributed by atoms with E-state index in [-0.39, 0.29) is 5.41 Å². The third-order valence-corrected chi connectivity index (χ3v) is 3.22. The number of nitrogen functional groups attached to an aromatic ring is 1. The summed E-state index contributed by atoms with van der Waals surface area (Å²) in [5.41, 5.74) is 5.67. The number of anilines is 2. The SMILES string of the molecule is CC1(C)CCN(c2cc(C(F)(F)F)ncc2N)C1. The molecule has 100 valence electrons. The van der Waals surface area contributed by atoms with Crippen molar-refractivity contribution >= 4 is 11.4 Å². The number of alkyl halides is 3. The van der Waals surface area contributed by atoms with Crippen molar-refractivity contribution in [2.24, 2.45) is 5.41 Å². The standard InChI is InChI=1S/C12H16F3N3/c1-11(2)3-4-18(7-11)9-5-10(12(13,14)15)17-6-8(9)16/h5-6H,3-4,7,16H2,1-2H3. The Morgan fingerprint density at radius 1 is 1.39 bits per heavy atom. The monoisotopic (exact) mass is 259 g/mol. The fraction of sp³-hybridized carbons (Fsp3) is 0.583. The first-order valence-corrected chi connectivity index (χ1v) is 5.77. The third-order valence-electron chi connectivity index (χ3n) is 3.22. The minimum atomic E-state index is -4.43. The summed E-state index contributed by atoms with van der Waals surface area (Å²) in [5.74, 6) is 0. The highest BCUT2D eigenvalue weighted by Crippen LogP contribution is 2.37. The Morgan fingerprint density at radius 2 is 2.06 bits per heavy atom. The summed E-state index contributed by atoms with van der Waals surface area (Å²) < 4.78 is 37.9. The smallest absolute Gasteiger partial charge is 0.396 e. The maximum Gasteiger partial charge on any atom is 0.433 e.